The van der Waals surface area contributed by atoms with E-state index in [2.05, 4.69) is 17.2 Å². The van der Waals surface area contributed by atoms with Gasteiger partial charge in [-0.25, -0.2) is 22.5 Å². The highest BCUT2D eigenvalue weighted by atomic mass is 19.3. The van der Waals surface area contributed by atoms with Gasteiger partial charge in [0.1, 0.15) is 11.3 Å². The number of hydrogen-bond donors (Lipinski definition) is 1. The van der Waals surface area contributed by atoms with Gasteiger partial charge in [-0.05, 0) is 44.2 Å². The zero-order chi connectivity index (χ0) is 21.7. The fourth-order valence-corrected chi connectivity index (χ4v) is 3.82. The summed E-state index contributed by atoms with van der Waals surface area (Å²) in [5.74, 6) is -0.496. The number of carbonyl (C=O) groups is 1. The summed E-state index contributed by atoms with van der Waals surface area (Å²) in [5, 5.41) is 2.88. The van der Waals surface area contributed by atoms with Crippen molar-refractivity contribution in [2.24, 2.45) is 0 Å². The maximum Gasteiger partial charge on any atom is 0.280 e. The summed E-state index contributed by atoms with van der Waals surface area (Å²) in [4.78, 5) is 16.5. The third-order valence-corrected chi connectivity index (χ3v) is 5.47. The van der Waals surface area contributed by atoms with Gasteiger partial charge in [0.25, 0.3) is 18.8 Å². The Balaban J connectivity index is 1.65. The van der Waals surface area contributed by atoms with E-state index in [4.69, 9.17) is 4.74 Å². The van der Waals surface area contributed by atoms with Crippen molar-refractivity contribution < 1.29 is 27.1 Å². The van der Waals surface area contributed by atoms with Crippen LogP contribution in [0.25, 0.3) is 5.65 Å². The normalized spacial score (nSPS) is 19.7. The Morgan fingerprint density at radius 2 is 1.93 bits per heavy atom. The molecule has 1 saturated carbocycles. The number of ether oxygens (including phenoxy) is 1. The number of carbonyl (C=O) groups excluding carboxylic acids is 1. The molecule has 0 spiro atoms. The van der Waals surface area contributed by atoms with E-state index in [1.807, 2.05) is 0 Å². The largest absolute Gasteiger partial charge is 0.378 e. The van der Waals surface area contributed by atoms with Gasteiger partial charge in [-0.15, -0.1) is 0 Å². The van der Waals surface area contributed by atoms with Crippen LogP contribution in [0.4, 0.5) is 17.6 Å². The smallest absolute Gasteiger partial charge is 0.280 e. The van der Waals surface area contributed by atoms with Crippen molar-refractivity contribution in [2.45, 2.75) is 76.9 Å². The first kappa shape index (κ1) is 22.5. The second-order valence-corrected chi connectivity index (χ2v) is 7.66. The molecule has 2 aromatic rings. The molecule has 30 heavy (non-hydrogen) atoms. The zero-order valence-electron chi connectivity index (χ0n) is 16.9. The lowest BCUT2D eigenvalue weighted by atomic mass is 9.92. The van der Waals surface area contributed by atoms with Gasteiger partial charge < -0.3 is 10.1 Å². The number of fused-ring (bicyclic) bond motifs is 1. The van der Waals surface area contributed by atoms with Crippen LogP contribution in [-0.2, 0) is 4.74 Å². The monoisotopic (exact) mass is 429 g/mol. The molecule has 2 heterocycles. The highest BCUT2D eigenvalue weighted by Crippen LogP contribution is 2.28. The molecule has 0 radical (unpaired) electrons. The first-order chi connectivity index (χ1) is 14.4. The molecule has 1 aliphatic rings. The summed E-state index contributed by atoms with van der Waals surface area (Å²) < 4.78 is 59.6. The predicted molar refractivity (Wildman–Crippen MR) is 104 cm³/mol. The SMILES string of the molecule is CCCCCOC1CCC(NC(=O)c2ccn3c(C(F)F)cc(C(F)F)nc23)CC1. The maximum absolute atomic E-state index is 13.3. The van der Waals surface area contributed by atoms with E-state index in [-0.39, 0.29) is 23.4 Å². The number of amides is 1. The second kappa shape index (κ2) is 10.2. The molecule has 5 nitrogen and oxygen atoms in total. The van der Waals surface area contributed by atoms with Crippen LogP contribution in [0, 0.1) is 0 Å². The topological polar surface area (TPSA) is 55.6 Å². The molecule has 1 aliphatic carbocycles. The Labute approximate surface area is 172 Å². The summed E-state index contributed by atoms with van der Waals surface area (Å²) in [6, 6.07) is 1.93. The molecule has 1 amide bonds. The number of hydrogen-bond acceptors (Lipinski definition) is 3. The molecule has 0 aliphatic heterocycles. The minimum atomic E-state index is -3.01. The van der Waals surface area contributed by atoms with Crippen LogP contribution in [-0.4, -0.2) is 34.0 Å². The summed E-state index contributed by atoms with van der Waals surface area (Å²) in [6.45, 7) is 2.89. The minimum Gasteiger partial charge on any atom is -0.378 e. The standard InChI is InChI=1S/C21H27F4N3O2/c1-2-3-4-11-30-14-7-5-13(6-8-14)26-21(29)15-9-10-28-17(19(24)25)12-16(18(22)23)27-20(15)28/h9-10,12-14,18-19H,2-8,11H2,1H3,(H,26,29). The zero-order valence-corrected chi connectivity index (χ0v) is 16.9. The number of alkyl halides is 4. The molecule has 2 aromatic heterocycles. The van der Waals surface area contributed by atoms with E-state index in [0.29, 0.717) is 6.07 Å². The molecule has 0 unspecified atom stereocenters. The molecule has 0 bridgehead atoms. The van der Waals surface area contributed by atoms with Crippen molar-refractivity contribution in [3.63, 3.8) is 0 Å². The number of unbranched alkanes of at least 4 members (excludes halogenated alkanes) is 2. The van der Waals surface area contributed by atoms with Gasteiger partial charge in [-0.3, -0.25) is 9.20 Å². The molecule has 1 fully saturated rings. The van der Waals surface area contributed by atoms with Crippen molar-refractivity contribution in [2.75, 3.05) is 6.61 Å². The Morgan fingerprint density at radius 3 is 2.57 bits per heavy atom. The van der Waals surface area contributed by atoms with Gasteiger partial charge in [0.2, 0.25) is 0 Å². The average molecular weight is 429 g/mol. The van der Waals surface area contributed by atoms with Crippen molar-refractivity contribution in [1.82, 2.24) is 14.7 Å². The van der Waals surface area contributed by atoms with Crippen LogP contribution >= 0.6 is 0 Å². The lowest BCUT2D eigenvalue weighted by Gasteiger charge is -2.29. The number of nitrogens with zero attached hydrogens (tertiary/aromatic N) is 2. The Morgan fingerprint density at radius 1 is 1.20 bits per heavy atom. The molecule has 3 rings (SSSR count). The molecule has 1 N–H and O–H groups in total. The summed E-state index contributed by atoms with van der Waals surface area (Å²) >= 11 is 0. The quantitative estimate of drug-likeness (QED) is 0.426. The lowest BCUT2D eigenvalue weighted by molar-refractivity contribution is 0.0205. The molecule has 9 heteroatoms. The van der Waals surface area contributed by atoms with Gasteiger partial charge in [0.05, 0.1) is 17.4 Å². The van der Waals surface area contributed by atoms with E-state index in [1.54, 1.807) is 0 Å². The Bertz CT molecular complexity index is 848. The van der Waals surface area contributed by atoms with Crippen LogP contribution in [0.5, 0.6) is 0 Å². The van der Waals surface area contributed by atoms with E-state index in [9.17, 15) is 22.4 Å². The van der Waals surface area contributed by atoms with E-state index in [0.717, 1.165) is 56.0 Å². The first-order valence-electron chi connectivity index (χ1n) is 10.4. The Kier molecular flexibility index (Phi) is 7.69. The van der Waals surface area contributed by atoms with Crippen LogP contribution in [0.2, 0.25) is 0 Å². The summed E-state index contributed by atoms with van der Waals surface area (Å²) in [7, 11) is 0. The average Bonchev–Trinajstić information content (AvgIpc) is 3.15. The fraction of sp³-hybridized carbons (Fsp3) is 0.619. The predicted octanol–water partition coefficient (Wildman–Crippen LogP) is 5.46. The molecule has 0 aromatic carbocycles. The van der Waals surface area contributed by atoms with Crippen molar-refractivity contribution in [1.29, 1.82) is 0 Å². The van der Waals surface area contributed by atoms with Crippen molar-refractivity contribution >= 4 is 11.6 Å². The highest BCUT2D eigenvalue weighted by molar-refractivity contribution is 6.00. The van der Waals surface area contributed by atoms with Gasteiger partial charge in [-0.1, -0.05) is 19.8 Å². The lowest BCUT2D eigenvalue weighted by Crippen LogP contribution is -2.39. The summed E-state index contributed by atoms with van der Waals surface area (Å²) in [5.41, 5.74) is -1.56. The highest BCUT2D eigenvalue weighted by Gasteiger charge is 2.26. The number of rotatable bonds is 9. The van der Waals surface area contributed by atoms with E-state index in [1.165, 1.54) is 12.3 Å². The Hall–Kier alpha value is -2.16. The van der Waals surface area contributed by atoms with Gasteiger partial charge in [0.15, 0.2) is 0 Å². The number of aromatic nitrogens is 2. The molecular formula is C21H27F4N3O2. The first-order valence-corrected chi connectivity index (χ1v) is 10.4. The van der Waals surface area contributed by atoms with Crippen molar-refractivity contribution in [3.05, 3.63) is 35.3 Å². The fourth-order valence-electron chi connectivity index (χ4n) is 3.82. The van der Waals surface area contributed by atoms with Gasteiger partial charge >= 0.3 is 0 Å². The molecule has 0 atom stereocenters. The van der Waals surface area contributed by atoms with E-state index >= 15 is 0 Å². The number of halogens is 4. The van der Waals surface area contributed by atoms with Crippen LogP contribution in [0.15, 0.2) is 18.3 Å². The number of nitrogens with one attached hydrogen (secondary N) is 1. The van der Waals surface area contributed by atoms with Crippen molar-refractivity contribution in [3.8, 4) is 0 Å². The maximum atomic E-state index is 13.3. The summed E-state index contributed by atoms with van der Waals surface area (Å²) in [6.07, 6.45) is 1.95. The van der Waals surface area contributed by atoms with Crippen LogP contribution < -0.4 is 5.32 Å². The minimum absolute atomic E-state index is 0.0114. The van der Waals surface area contributed by atoms with Crippen LogP contribution in [0.3, 0.4) is 0 Å². The van der Waals surface area contributed by atoms with Gasteiger partial charge in [-0.2, -0.15) is 0 Å². The van der Waals surface area contributed by atoms with Gasteiger partial charge in [0, 0.05) is 18.8 Å². The van der Waals surface area contributed by atoms with Crippen LogP contribution in [0.1, 0.15) is 86.5 Å². The third-order valence-electron chi connectivity index (χ3n) is 5.47. The van der Waals surface area contributed by atoms with E-state index < -0.39 is 30.1 Å². The molecular weight excluding hydrogens is 402 g/mol. The molecule has 166 valence electrons. The third kappa shape index (κ3) is 5.30. The second-order valence-electron chi connectivity index (χ2n) is 7.66. The molecule has 0 saturated heterocycles.